The number of fused-ring (bicyclic) bond motifs is 4. The van der Waals surface area contributed by atoms with Crippen molar-refractivity contribution in [3.05, 3.63) is 101 Å². The molecule has 5 aromatic rings. The second-order valence-corrected chi connectivity index (χ2v) is 10.1. The smallest absolute Gasteiger partial charge is 1.00 e. The van der Waals surface area contributed by atoms with E-state index in [2.05, 4.69) is 92.7 Å². The van der Waals surface area contributed by atoms with E-state index in [1.165, 1.54) is 41.2 Å². The maximum Gasteiger partial charge on any atom is 4.00 e. The Labute approximate surface area is 217 Å². The topological polar surface area (TPSA) is 0 Å². The molecule has 0 bridgehead atoms. The third-order valence-electron chi connectivity index (χ3n) is 6.10. The Kier molecular flexibility index (Phi) is 9.42. The Morgan fingerprint density at radius 1 is 0.903 bits per heavy atom. The largest absolute Gasteiger partial charge is 4.00 e. The van der Waals surface area contributed by atoms with Gasteiger partial charge in [-0.3, -0.25) is 0 Å². The Hall–Kier alpha value is -1.10. The fraction of sp³-hybridized carbons (Fsp3) is 0.185. The van der Waals surface area contributed by atoms with E-state index in [1.54, 1.807) is 26.7 Å². The van der Waals surface area contributed by atoms with Gasteiger partial charge in [0.2, 0.25) is 0 Å². The van der Waals surface area contributed by atoms with Crippen LogP contribution in [-0.2, 0) is 39.0 Å². The predicted octanol–water partition coefficient (Wildman–Crippen LogP) is 2.20. The molecule has 156 valence electrons. The first-order chi connectivity index (χ1) is 13.7. The van der Waals surface area contributed by atoms with Crippen LogP contribution >= 0.6 is 7.53 Å². The summed E-state index contributed by atoms with van der Waals surface area (Å²) in [5.41, 5.74) is 4.45. The second kappa shape index (κ2) is 11.2. The standard InChI is InChI=1S/C20H16P.C7H9.2ClH.Zr/c1-2-7-15-13-16(12-14(15)6-1)21-19-10-4-3-8-17(19)18-9-5-11-20(18)21;1-6-4-3-5-7(6)2;;;/h1-4,6-8,10,12-13H,5,9,11H2;3-5H,1-2H3;2*1H;/q2*-1;;;+4/p-2. The zero-order valence-corrected chi connectivity index (χ0v) is 22.7. The Bertz CT molecular complexity index is 1230. The van der Waals surface area contributed by atoms with E-state index in [-0.39, 0.29) is 58.6 Å². The SMILES string of the molecule is Cc1ccc[c-]1C.[Cl-].[Cl-].[Zr+4].c1ccc2[cH-]c(-p3c4c(c5ccccc53)CCC4)cc2c1. The van der Waals surface area contributed by atoms with Gasteiger partial charge in [0.05, 0.1) is 0 Å². The van der Waals surface area contributed by atoms with Gasteiger partial charge in [-0.2, -0.15) is 23.3 Å². The van der Waals surface area contributed by atoms with Crippen LogP contribution in [0, 0.1) is 13.8 Å². The number of hydrogen-bond donors (Lipinski definition) is 0. The van der Waals surface area contributed by atoms with Gasteiger partial charge in [0.15, 0.2) is 0 Å². The molecule has 0 fully saturated rings. The molecule has 0 saturated heterocycles. The van der Waals surface area contributed by atoms with E-state index in [4.69, 9.17) is 0 Å². The minimum absolute atomic E-state index is 0. The van der Waals surface area contributed by atoms with Crippen LogP contribution < -0.4 is 24.8 Å². The number of aryl methyl sites for hydroxylation is 3. The number of benzene rings is 2. The van der Waals surface area contributed by atoms with Gasteiger partial charge >= 0.3 is 26.2 Å². The van der Waals surface area contributed by atoms with Crippen LogP contribution in [0.25, 0.3) is 26.6 Å². The van der Waals surface area contributed by atoms with E-state index in [0.717, 1.165) is 0 Å². The first kappa shape index (κ1) is 26.2. The number of hydrogen-bond acceptors (Lipinski definition) is 0. The van der Waals surface area contributed by atoms with Crippen LogP contribution in [-0.4, -0.2) is 0 Å². The summed E-state index contributed by atoms with van der Waals surface area (Å²) in [6.07, 6.45) is 3.93. The monoisotopic (exact) mass is 540 g/mol. The molecular formula is C27H25Cl2PZr. The molecule has 1 aromatic heterocycles. The summed E-state index contributed by atoms with van der Waals surface area (Å²) >= 11 is 0. The van der Waals surface area contributed by atoms with Gasteiger partial charge in [-0.05, 0) is 35.5 Å². The quantitative estimate of drug-likeness (QED) is 0.285. The fourth-order valence-corrected chi connectivity index (χ4v) is 7.48. The van der Waals surface area contributed by atoms with E-state index in [0.29, 0.717) is 0 Å². The molecule has 1 aliphatic rings. The summed E-state index contributed by atoms with van der Waals surface area (Å²) in [7, 11) is -0.264. The normalized spacial score (nSPS) is 12.3. The van der Waals surface area contributed by atoms with Crippen molar-refractivity contribution in [1.29, 1.82) is 0 Å². The molecule has 0 radical (unpaired) electrons. The predicted molar refractivity (Wildman–Crippen MR) is 125 cm³/mol. The zero-order valence-electron chi connectivity index (χ0n) is 17.8. The third-order valence-corrected chi connectivity index (χ3v) is 8.78. The van der Waals surface area contributed by atoms with Crippen molar-refractivity contribution >= 4 is 28.8 Å². The summed E-state index contributed by atoms with van der Waals surface area (Å²) < 4.78 is 0. The average molecular weight is 543 g/mol. The first-order valence-corrected chi connectivity index (χ1v) is 11.5. The molecular weight excluding hydrogens is 517 g/mol. The molecule has 0 spiro atoms. The molecule has 1 atom stereocenters. The van der Waals surface area contributed by atoms with Gasteiger partial charge in [0.25, 0.3) is 0 Å². The van der Waals surface area contributed by atoms with Crippen LogP contribution in [0.15, 0.2) is 78.9 Å². The molecule has 31 heavy (non-hydrogen) atoms. The van der Waals surface area contributed by atoms with E-state index >= 15 is 0 Å². The number of halogens is 2. The maximum atomic E-state index is 2.42. The molecule has 4 heteroatoms. The van der Waals surface area contributed by atoms with Crippen molar-refractivity contribution in [3.63, 3.8) is 0 Å². The van der Waals surface area contributed by atoms with Crippen molar-refractivity contribution in [1.82, 2.24) is 0 Å². The van der Waals surface area contributed by atoms with Crippen molar-refractivity contribution in [2.45, 2.75) is 33.1 Å². The molecule has 0 saturated carbocycles. The molecule has 0 nitrogen and oxygen atoms in total. The van der Waals surface area contributed by atoms with Crippen molar-refractivity contribution in [2.75, 3.05) is 0 Å². The van der Waals surface area contributed by atoms with E-state index in [9.17, 15) is 0 Å². The van der Waals surface area contributed by atoms with E-state index < -0.39 is 0 Å². The minimum Gasteiger partial charge on any atom is -1.00 e. The summed E-state index contributed by atoms with van der Waals surface area (Å²) in [5.74, 6) is 0. The fourth-order valence-electron chi connectivity index (χ4n) is 4.49. The van der Waals surface area contributed by atoms with Crippen LogP contribution in [0.1, 0.15) is 28.4 Å². The molecule has 0 amide bonds. The molecule has 1 unspecified atom stereocenters. The molecule has 4 aromatic carbocycles. The van der Waals surface area contributed by atoms with Gasteiger partial charge in [-0.25, -0.2) is 12.1 Å². The van der Waals surface area contributed by atoms with Gasteiger partial charge < -0.3 is 24.8 Å². The van der Waals surface area contributed by atoms with Crippen LogP contribution in [0.4, 0.5) is 0 Å². The molecule has 0 aliphatic heterocycles. The molecule has 1 aliphatic carbocycles. The summed E-state index contributed by atoms with van der Waals surface area (Å²) in [4.78, 5) is 0. The Morgan fingerprint density at radius 2 is 1.65 bits per heavy atom. The zero-order chi connectivity index (χ0) is 19.1. The summed E-state index contributed by atoms with van der Waals surface area (Å²) in [5, 5.41) is 9.21. The average Bonchev–Trinajstić information content (AvgIpc) is 3.47. The van der Waals surface area contributed by atoms with Gasteiger partial charge in [0.1, 0.15) is 0 Å². The van der Waals surface area contributed by atoms with Gasteiger partial charge in [0, 0.05) is 5.12 Å². The first-order valence-electron chi connectivity index (χ1n) is 10.2. The maximum absolute atomic E-state index is 2.42. The van der Waals surface area contributed by atoms with Crippen molar-refractivity contribution in [2.24, 2.45) is 0 Å². The Balaban J connectivity index is 0.000000298. The van der Waals surface area contributed by atoms with Crippen LogP contribution in [0.5, 0.6) is 0 Å². The number of rotatable bonds is 1. The molecule has 1 heterocycles. The van der Waals surface area contributed by atoms with Crippen LogP contribution in [0.3, 0.4) is 0 Å². The van der Waals surface area contributed by atoms with Crippen molar-refractivity contribution in [3.8, 4) is 5.30 Å². The Morgan fingerprint density at radius 3 is 2.32 bits per heavy atom. The van der Waals surface area contributed by atoms with E-state index in [1.807, 2.05) is 0 Å². The molecule has 6 rings (SSSR count). The second-order valence-electron chi connectivity index (χ2n) is 7.87. The van der Waals surface area contributed by atoms with Gasteiger partial charge in [-0.1, -0.05) is 49.5 Å². The van der Waals surface area contributed by atoms with Crippen LogP contribution in [0.2, 0.25) is 0 Å². The third kappa shape index (κ3) is 4.97. The van der Waals surface area contributed by atoms with Gasteiger partial charge in [-0.15, -0.1) is 42.6 Å². The minimum atomic E-state index is -0.264. The van der Waals surface area contributed by atoms with Crippen molar-refractivity contribution < 1.29 is 51.0 Å². The molecule has 0 N–H and O–H groups in total. The summed E-state index contributed by atoms with van der Waals surface area (Å²) in [6, 6.07) is 29.0. The summed E-state index contributed by atoms with van der Waals surface area (Å²) in [6.45, 7) is 4.24.